The van der Waals surface area contributed by atoms with Gasteiger partial charge in [-0.3, -0.25) is 25.6 Å². The second kappa shape index (κ2) is 5.05. The summed E-state index contributed by atoms with van der Waals surface area (Å²) in [5.74, 6) is 5.11. The molecule has 11 heteroatoms. The quantitative estimate of drug-likeness (QED) is 0.251. The summed E-state index contributed by atoms with van der Waals surface area (Å²) in [5, 5.41) is 20.0. The van der Waals surface area contributed by atoms with Crippen LogP contribution in [0.15, 0.2) is 11.1 Å². The number of aliphatic hydroxyl groups excluding tert-OH is 2. The van der Waals surface area contributed by atoms with Crippen LogP contribution >= 0.6 is 0 Å². The SMILES string of the molecule is NNC[C@H]1O[C@@H](n2cnc3c(=O)[nH]c(N)nc32)[C@H](O)[C@@H]1O. The second-order valence-corrected chi connectivity index (χ2v) is 4.73. The minimum absolute atomic E-state index is 0.0647. The third kappa shape index (κ3) is 2.16. The van der Waals surface area contributed by atoms with Gasteiger partial charge in [-0.25, -0.2) is 4.98 Å². The number of hydrazine groups is 1. The molecule has 0 spiro atoms. The van der Waals surface area contributed by atoms with E-state index < -0.39 is 30.1 Å². The number of hydrogen-bond donors (Lipinski definition) is 6. The summed E-state index contributed by atoms with van der Waals surface area (Å²) < 4.78 is 6.90. The standard InChI is InChI=1S/C10H15N7O4/c11-10-15-7-4(8(20)16-10)13-2-17(7)9-6(19)5(18)3(21-9)1-14-12/h2-3,5-6,9,14,18-19H,1,12H2,(H3,11,15,16,20)/t3-,5-,6-,9-/m1/s1. The van der Waals surface area contributed by atoms with E-state index in [4.69, 9.17) is 16.3 Å². The Kier molecular flexibility index (Phi) is 3.35. The van der Waals surface area contributed by atoms with Crippen molar-refractivity contribution in [2.45, 2.75) is 24.5 Å². The van der Waals surface area contributed by atoms with Crippen molar-refractivity contribution in [2.75, 3.05) is 12.3 Å². The predicted molar refractivity (Wildman–Crippen MR) is 70.7 cm³/mol. The Labute approximate surface area is 117 Å². The van der Waals surface area contributed by atoms with Gasteiger partial charge in [0.1, 0.15) is 18.3 Å². The van der Waals surface area contributed by atoms with E-state index in [1.165, 1.54) is 10.9 Å². The average Bonchev–Trinajstić information content (AvgIpc) is 2.96. The van der Waals surface area contributed by atoms with E-state index in [0.29, 0.717) is 0 Å². The van der Waals surface area contributed by atoms with Gasteiger partial charge in [-0.05, 0) is 0 Å². The van der Waals surface area contributed by atoms with Crippen LogP contribution in [0.5, 0.6) is 0 Å². The molecule has 0 aromatic carbocycles. The molecule has 1 fully saturated rings. The molecule has 0 unspecified atom stereocenters. The molecule has 0 radical (unpaired) electrons. The molecule has 1 aliphatic rings. The van der Waals surface area contributed by atoms with E-state index >= 15 is 0 Å². The lowest BCUT2D eigenvalue weighted by Crippen LogP contribution is -2.40. The van der Waals surface area contributed by atoms with Gasteiger partial charge < -0.3 is 20.7 Å². The summed E-state index contributed by atoms with van der Waals surface area (Å²) in [7, 11) is 0. The molecule has 1 saturated heterocycles. The third-order valence-electron chi connectivity index (χ3n) is 3.38. The van der Waals surface area contributed by atoms with E-state index in [1.54, 1.807) is 0 Å². The van der Waals surface area contributed by atoms with Crippen molar-refractivity contribution in [1.82, 2.24) is 24.9 Å². The van der Waals surface area contributed by atoms with Crippen LogP contribution in [0.4, 0.5) is 5.95 Å². The number of imidazole rings is 1. The van der Waals surface area contributed by atoms with Crippen LogP contribution in [0.2, 0.25) is 0 Å². The lowest BCUT2D eigenvalue weighted by atomic mass is 10.1. The summed E-state index contributed by atoms with van der Waals surface area (Å²) in [5.41, 5.74) is 7.60. The number of H-pyrrole nitrogens is 1. The first-order valence-electron chi connectivity index (χ1n) is 6.20. The number of fused-ring (bicyclic) bond motifs is 1. The first-order valence-corrected chi connectivity index (χ1v) is 6.20. The van der Waals surface area contributed by atoms with Crippen molar-refractivity contribution < 1.29 is 14.9 Å². The Balaban J connectivity index is 2.03. The van der Waals surface area contributed by atoms with Crippen molar-refractivity contribution in [3.63, 3.8) is 0 Å². The Hall–Kier alpha value is -2.05. The summed E-state index contributed by atoms with van der Waals surface area (Å²) in [6.07, 6.45) is -2.71. The van der Waals surface area contributed by atoms with Crippen LogP contribution in [-0.2, 0) is 4.74 Å². The molecule has 2 aromatic rings. The van der Waals surface area contributed by atoms with Gasteiger partial charge in [0.2, 0.25) is 5.95 Å². The highest BCUT2D eigenvalue weighted by atomic mass is 16.6. The fourth-order valence-electron chi connectivity index (χ4n) is 2.37. The molecular formula is C10H15N7O4. The van der Waals surface area contributed by atoms with Crippen molar-refractivity contribution >= 4 is 17.1 Å². The molecule has 21 heavy (non-hydrogen) atoms. The molecular weight excluding hydrogens is 282 g/mol. The highest BCUT2D eigenvalue weighted by Crippen LogP contribution is 2.30. The second-order valence-electron chi connectivity index (χ2n) is 4.73. The number of nitrogen functional groups attached to an aromatic ring is 1. The van der Waals surface area contributed by atoms with Gasteiger partial charge in [0.15, 0.2) is 17.4 Å². The molecule has 3 rings (SSSR count). The Morgan fingerprint density at radius 2 is 2.24 bits per heavy atom. The van der Waals surface area contributed by atoms with Gasteiger partial charge in [-0.2, -0.15) is 4.98 Å². The summed E-state index contributed by atoms with van der Waals surface area (Å²) in [6.45, 7) is 0.150. The maximum absolute atomic E-state index is 11.7. The van der Waals surface area contributed by atoms with Gasteiger partial charge >= 0.3 is 0 Å². The Morgan fingerprint density at radius 1 is 1.48 bits per heavy atom. The van der Waals surface area contributed by atoms with Crippen LogP contribution in [0.3, 0.4) is 0 Å². The van der Waals surface area contributed by atoms with Gasteiger partial charge in [0.25, 0.3) is 5.56 Å². The van der Waals surface area contributed by atoms with Crippen molar-refractivity contribution in [3.05, 3.63) is 16.7 Å². The average molecular weight is 297 g/mol. The summed E-state index contributed by atoms with van der Waals surface area (Å²) >= 11 is 0. The molecule has 3 heterocycles. The van der Waals surface area contributed by atoms with Gasteiger partial charge in [-0.15, -0.1) is 0 Å². The van der Waals surface area contributed by atoms with Crippen LogP contribution in [0.1, 0.15) is 6.23 Å². The molecule has 0 aliphatic carbocycles. The molecule has 1 aliphatic heterocycles. The fourth-order valence-corrected chi connectivity index (χ4v) is 2.37. The van der Waals surface area contributed by atoms with Crippen LogP contribution in [0, 0.1) is 0 Å². The number of ether oxygens (including phenoxy) is 1. The van der Waals surface area contributed by atoms with Crippen molar-refractivity contribution in [1.29, 1.82) is 0 Å². The largest absolute Gasteiger partial charge is 0.387 e. The molecule has 8 N–H and O–H groups in total. The summed E-state index contributed by atoms with van der Waals surface area (Å²) in [6, 6.07) is 0. The number of rotatable bonds is 3. The predicted octanol–water partition coefficient (Wildman–Crippen LogP) is -3.22. The zero-order chi connectivity index (χ0) is 15.1. The number of aliphatic hydroxyl groups is 2. The zero-order valence-electron chi connectivity index (χ0n) is 10.8. The summed E-state index contributed by atoms with van der Waals surface area (Å²) in [4.78, 5) is 21.9. The first-order chi connectivity index (χ1) is 10.0. The molecule has 0 saturated carbocycles. The fraction of sp³-hybridized carbons (Fsp3) is 0.500. The molecule has 114 valence electrons. The highest BCUT2D eigenvalue weighted by molar-refractivity contribution is 5.70. The van der Waals surface area contributed by atoms with Crippen LogP contribution in [-0.4, -0.2) is 54.6 Å². The van der Waals surface area contributed by atoms with E-state index in [-0.39, 0.29) is 23.7 Å². The topological polar surface area (TPSA) is 177 Å². The van der Waals surface area contributed by atoms with Crippen molar-refractivity contribution in [2.24, 2.45) is 5.84 Å². The number of aromatic nitrogens is 4. The smallest absolute Gasteiger partial charge is 0.280 e. The lowest BCUT2D eigenvalue weighted by molar-refractivity contribution is -0.0341. The number of aromatic amines is 1. The number of hydrogen-bond acceptors (Lipinski definition) is 9. The Bertz CT molecular complexity index is 713. The van der Waals surface area contributed by atoms with Gasteiger partial charge in [0.05, 0.1) is 6.33 Å². The third-order valence-corrected chi connectivity index (χ3v) is 3.38. The number of nitrogens with two attached hydrogens (primary N) is 2. The number of nitrogens with one attached hydrogen (secondary N) is 2. The number of nitrogens with zero attached hydrogens (tertiary/aromatic N) is 3. The lowest BCUT2D eigenvalue weighted by Gasteiger charge is -2.16. The van der Waals surface area contributed by atoms with E-state index in [2.05, 4.69) is 20.4 Å². The highest BCUT2D eigenvalue weighted by Gasteiger charge is 2.44. The Morgan fingerprint density at radius 3 is 2.95 bits per heavy atom. The normalized spacial score (nSPS) is 29.3. The first kappa shape index (κ1) is 13.9. The van der Waals surface area contributed by atoms with Crippen LogP contribution < -0.4 is 22.6 Å². The molecule has 2 aromatic heterocycles. The molecule has 0 bridgehead atoms. The minimum Gasteiger partial charge on any atom is -0.387 e. The molecule has 11 nitrogen and oxygen atoms in total. The zero-order valence-corrected chi connectivity index (χ0v) is 10.8. The van der Waals surface area contributed by atoms with E-state index in [9.17, 15) is 15.0 Å². The maximum Gasteiger partial charge on any atom is 0.280 e. The van der Waals surface area contributed by atoms with Crippen LogP contribution in [0.25, 0.3) is 11.2 Å². The van der Waals surface area contributed by atoms with Crippen molar-refractivity contribution in [3.8, 4) is 0 Å². The molecule has 4 atom stereocenters. The monoisotopic (exact) mass is 297 g/mol. The minimum atomic E-state index is -1.22. The molecule has 0 amide bonds. The van der Waals surface area contributed by atoms with E-state index in [0.717, 1.165) is 0 Å². The van der Waals surface area contributed by atoms with E-state index in [1.807, 2.05) is 0 Å². The van der Waals surface area contributed by atoms with Gasteiger partial charge in [-0.1, -0.05) is 0 Å². The maximum atomic E-state index is 11.7. The number of anilines is 1. The van der Waals surface area contributed by atoms with Gasteiger partial charge in [0, 0.05) is 6.54 Å².